The molecule has 0 saturated carbocycles. The molecule has 1 rings (SSSR count). The highest BCUT2D eigenvalue weighted by Gasteiger charge is 2.51. The minimum Gasteiger partial charge on any atom is -0.223 e. The molecule has 0 radical (unpaired) electrons. The van der Waals surface area contributed by atoms with Crippen molar-refractivity contribution >= 4 is 17.9 Å². The van der Waals surface area contributed by atoms with Gasteiger partial charge in [-0.05, 0) is 26.0 Å². The highest BCUT2D eigenvalue weighted by atomic mass is 32.2. The molecule has 1 atom stereocenters. The lowest BCUT2D eigenvalue weighted by atomic mass is 10.2. The van der Waals surface area contributed by atoms with E-state index in [2.05, 4.69) is 26.2 Å². The third-order valence-corrected chi connectivity index (χ3v) is 12.1. The van der Waals surface area contributed by atoms with Gasteiger partial charge in [0.25, 0.3) is 0 Å². The van der Waals surface area contributed by atoms with Gasteiger partial charge >= 0.3 is 0 Å². The van der Waals surface area contributed by atoms with Crippen molar-refractivity contribution in [2.24, 2.45) is 0 Å². The maximum Gasteiger partial charge on any atom is 0.184 e. The largest absolute Gasteiger partial charge is 0.223 e. The van der Waals surface area contributed by atoms with E-state index in [1.807, 2.05) is 19.9 Å². The van der Waals surface area contributed by atoms with Crippen LogP contribution >= 0.6 is 0 Å². The van der Waals surface area contributed by atoms with Crippen molar-refractivity contribution in [3.8, 4) is 0 Å². The van der Waals surface area contributed by atoms with Crippen LogP contribution in [-0.4, -0.2) is 20.9 Å². The summed E-state index contributed by atoms with van der Waals surface area (Å²) in [5.41, 5.74) is 0.727. The third-order valence-electron chi connectivity index (χ3n) is 3.84. The van der Waals surface area contributed by atoms with E-state index in [0.717, 1.165) is 5.57 Å². The minimum absolute atomic E-state index is 0.387. The summed E-state index contributed by atoms with van der Waals surface area (Å²) in [4.78, 5) is 0.387. The van der Waals surface area contributed by atoms with Crippen LogP contribution in [0.2, 0.25) is 19.6 Å². The quantitative estimate of drug-likeness (QED) is 0.623. The highest BCUT2D eigenvalue weighted by Crippen LogP contribution is 2.39. The second-order valence-electron chi connectivity index (χ2n) is 5.88. The van der Waals surface area contributed by atoms with E-state index >= 15 is 0 Å². The summed E-state index contributed by atoms with van der Waals surface area (Å²) in [6, 6.07) is 8.67. The van der Waals surface area contributed by atoms with E-state index in [4.69, 9.17) is 0 Å². The Labute approximate surface area is 112 Å². The van der Waals surface area contributed by atoms with Crippen LogP contribution in [0.25, 0.3) is 0 Å². The molecule has 0 N–H and O–H groups in total. The molecule has 2 nitrogen and oxygen atoms in total. The lowest BCUT2D eigenvalue weighted by Gasteiger charge is -2.40. The normalized spacial score (nSPS) is 16.1. The van der Waals surface area contributed by atoms with Crippen LogP contribution in [0.1, 0.15) is 13.8 Å². The van der Waals surface area contributed by atoms with E-state index in [9.17, 15) is 8.42 Å². The Morgan fingerprint density at radius 1 is 1.17 bits per heavy atom. The topological polar surface area (TPSA) is 34.1 Å². The van der Waals surface area contributed by atoms with Crippen molar-refractivity contribution < 1.29 is 8.42 Å². The maximum absolute atomic E-state index is 12.9. The molecular weight excluding hydrogens is 260 g/mol. The van der Waals surface area contributed by atoms with Crippen molar-refractivity contribution in [1.82, 2.24) is 0 Å². The summed E-state index contributed by atoms with van der Waals surface area (Å²) in [7, 11) is -5.38. The van der Waals surface area contributed by atoms with Crippen molar-refractivity contribution in [1.29, 1.82) is 0 Å². The van der Waals surface area contributed by atoms with Crippen molar-refractivity contribution in [3.05, 3.63) is 42.5 Å². The second-order valence-corrected chi connectivity index (χ2v) is 14.0. The van der Waals surface area contributed by atoms with E-state index in [1.54, 1.807) is 24.3 Å². The molecule has 0 heterocycles. The Morgan fingerprint density at radius 3 is 1.94 bits per heavy atom. The molecule has 0 bridgehead atoms. The molecule has 0 aliphatic carbocycles. The molecule has 4 heteroatoms. The highest BCUT2D eigenvalue weighted by molar-refractivity contribution is 7.95. The van der Waals surface area contributed by atoms with E-state index in [1.165, 1.54) is 0 Å². The average molecular weight is 282 g/mol. The standard InChI is InChI=1S/C14H22O2SSi/c1-12(2)14(3,18(4,5)6)17(15,16)13-10-8-7-9-11-13/h7-11H,1H2,2-6H3. The first-order valence-electron chi connectivity index (χ1n) is 6.01. The summed E-state index contributed by atoms with van der Waals surface area (Å²) >= 11 is 0. The van der Waals surface area contributed by atoms with E-state index < -0.39 is 22.3 Å². The molecule has 0 aliphatic rings. The summed E-state index contributed by atoms with van der Waals surface area (Å²) < 4.78 is 25.0. The first-order valence-corrected chi connectivity index (χ1v) is 11.0. The van der Waals surface area contributed by atoms with E-state index in [0.29, 0.717) is 4.90 Å². The minimum atomic E-state index is -3.40. The maximum atomic E-state index is 12.9. The van der Waals surface area contributed by atoms with Crippen LogP contribution in [0, 0.1) is 0 Å². The monoisotopic (exact) mass is 282 g/mol. The molecule has 100 valence electrons. The fourth-order valence-corrected chi connectivity index (χ4v) is 8.41. The number of rotatable bonds is 4. The first-order chi connectivity index (χ1) is 8.05. The molecule has 0 fully saturated rings. The molecule has 1 aromatic carbocycles. The van der Waals surface area contributed by atoms with Gasteiger partial charge in [-0.2, -0.15) is 0 Å². The van der Waals surface area contributed by atoms with Gasteiger partial charge in [0.15, 0.2) is 9.84 Å². The van der Waals surface area contributed by atoms with Gasteiger partial charge in [-0.1, -0.05) is 50.0 Å². The van der Waals surface area contributed by atoms with Gasteiger partial charge < -0.3 is 0 Å². The molecule has 18 heavy (non-hydrogen) atoms. The second kappa shape index (κ2) is 4.66. The predicted molar refractivity (Wildman–Crippen MR) is 80.2 cm³/mol. The summed E-state index contributed by atoms with van der Waals surface area (Å²) in [5.74, 6) is 0. The molecule has 0 spiro atoms. The van der Waals surface area contributed by atoms with Crippen LogP contribution < -0.4 is 0 Å². The molecular formula is C14H22O2SSi. The van der Waals surface area contributed by atoms with Gasteiger partial charge in [-0.3, -0.25) is 0 Å². The summed E-state index contributed by atoms with van der Waals surface area (Å²) in [6.45, 7) is 13.8. The van der Waals surface area contributed by atoms with Crippen LogP contribution in [0.5, 0.6) is 0 Å². The summed E-state index contributed by atoms with van der Waals surface area (Å²) in [5, 5.41) is 0. The zero-order valence-electron chi connectivity index (χ0n) is 11.8. The van der Waals surface area contributed by atoms with Gasteiger partial charge in [0, 0.05) is 0 Å². The Kier molecular flexibility index (Phi) is 3.94. The van der Waals surface area contributed by atoms with Crippen molar-refractivity contribution in [2.45, 2.75) is 42.8 Å². The smallest absolute Gasteiger partial charge is 0.184 e. The number of benzene rings is 1. The number of sulfone groups is 1. The lowest BCUT2D eigenvalue weighted by Crippen LogP contribution is -2.56. The Bertz CT molecular complexity index is 541. The summed E-state index contributed by atoms with van der Waals surface area (Å²) in [6.07, 6.45) is 0. The SMILES string of the molecule is C=C(C)C(C)([Si](C)(C)C)S(=O)(=O)c1ccccc1. The molecule has 1 unspecified atom stereocenters. The van der Waals surface area contributed by atoms with Gasteiger partial charge in [-0.25, -0.2) is 8.42 Å². The zero-order valence-corrected chi connectivity index (χ0v) is 13.6. The molecule has 0 aromatic heterocycles. The van der Waals surface area contributed by atoms with Crippen molar-refractivity contribution in [2.75, 3.05) is 0 Å². The van der Waals surface area contributed by atoms with Crippen LogP contribution in [0.3, 0.4) is 0 Å². The molecule has 0 aliphatic heterocycles. The fourth-order valence-electron chi connectivity index (χ4n) is 2.11. The van der Waals surface area contributed by atoms with Crippen LogP contribution in [0.15, 0.2) is 47.4 Å². The predicted octanol–water partition coefficient (Wildman–Crippen LogP) is 3.67. The Balaban J connectivity index is 3.56. The Morgan fingerprint density at radius 2 is 1.61 bits per heavy atom. The van der Waals surface area contributed by atoms with Crippen LogP contribution in [-0.2, 0) is 9.84 Å². The van der Waals surface area contributed by atoms with Crippen LogP contribution in [0.4, 0.5) is 0 Å². The van der Waals surface area contributed by atoms with Gasteiger partial charge in [0.1, 0.15) is 0 Å². The lowest BCUT2D eigenvalue weighted by molar-refractivity contribution is 0.581. The number of hydrogen-bond donors (Lipinski definition) is 0. The molecule has 0 amide bonds. The van der Waals surface area contributed by atoms with E-state index in [-0.39, 0.29) is 0 Å². The fraction of sp³-hybridized carbons (Fsp3) is 0.429. The third kappa shape index (κ3) is 2.19. The zero-order chi connectivity index (χ0) is 14.2. The Hall–Kier alpha value is -0.873. The average Bonchev–Trinajstić information content (AvgIpc) is 2.27. The molecule has 0 saturated heterocycles. The van der Waals surface area contributed by atoms with Crippen molar-refractivity contribution in [3.63, 3.8) is 0 Å². The molecule has 1 aromatic rings. The van der Waals surface area contributed by atoms with Gasteiger partial charge in [-0.15, -0.1) is 0 Å². The van der Waals surface area contributed by atoms with Gasteiger partial charge in [0.05, 0.1) is 17.3 Å². The number of hydrogen-bond acceptors (Lipinski definition) is 2. The van der Waals surface area contributed by atoms with Gasteiger partial charge in [0.2, 0.25) is 0 Å². The first kappa shape index (κ1) is 15.2.